The molecule has 0 radical (unpaired) electrons. The Morgan fingerprint density at radius 3 is 2.38 bits per heavy atom. The van der Waals surface area contributed by atoms with Gasteiger partial charge in [0.2, 0.25) is 0 Å². The summed E-state index contributed by atoms with van der Waals surface area (Å²) in [6.45, 7) is 22.7. The number of hydrogen-bond acceptors (Lipinski definition) is 5. The molecule has 1 aliphatic heterocycles. The first-order valence-corrected chi connectivity index (χ1v) is 14.1. The summed E-state index contributed by atoms with van der Waals surface area (Å²) in [6.07, 6.45) is -0.391. The molecular weight excluding hydrogens is 420 g/mol. The van der Waals surface area contributed by atoms with Crippen LogP contribution in [0.4, 0.5) is 0 Å². The van der Waals surface area contributed by atoms with Crippen molar-refractivity contribution in [3.63, 3.8) is 0 Å². The average Bonchev–Trinajstić information content (AvgIpc) is 3.50. The molecule has 1 N–H and O–H groups in total. The lowest BCUT2D eigenvalue weighted by atomic mass is 9.98. The quantitative estimate of drug-likeness (QED) is 0.149. The summed E-state index contributed by atoms with van der Waals surface area (Å²) >= 11 is 0. The molecule has 0 amide bonds. The molecule has 0 aromatic carbocycles. The van der Waals surface area contributed by atoms with Gasteiger partial charge in [-0.1, -0.05) is 39.8 Å². The van der Waals surface area contributed by atoms with Gasteiger partial charge in [0.1, 0.15) is 24.4 Å². The number of rotatable bonds is 12. The van der Waals surface area contributed by atoms with E-state index in [9.17, 15) is 9.90 Å². The van der Waals surface area contributed by atoms with Crippen molar-refractivity contribution in [1.29, 1.82) is 0 Å². The highest BCUT2D eigenvalue weighted by atomic mass is 28.4. The fourth-order valence-corrected chi connectivity index (χ4v) is 3.86. The van der Waals surface area contributed by atoms with Crippen LogP contribution in [-0.2, 0) is 18.7 Å². The summed E-state index contributed by atoms with van der Waals surface area (Å²) in [5.41, 5.74) is 1.40. The molecule has 5 nitrogen and oxygen atoms in total. The third kappa shape index (κ3) is 8.96. The van der Waals surface area contributed by atoms with Crippen LogP contribution in [0.5, 0.6) is 0 Å². The van der Waals surface area contributed by atoms with Gasteiger partial charge in [-0.15, -0.1) is 17.8 Å². The molecule has 0 aromatic rings. The molecule has 0 saturated carbocycles. The van der Waals surface area contributed by atoms with E-state index in [1.54, 1.807) is 13.8 Å². The predicted molar refractivity (Wildman–Crippen MR) is 131 cm³/mol. The van der Waals surface area contributed by atoms with Crippen molar-refractivity contribution in [3.05, 3.63) is 24.3 Å². The highest BCUT2D eigenvalue weighted by Crippen LogP contribution is 2.38. The van der Waals surface area contributed by atoms with Crippen molar-refractivity contribution in [2.45, 2.75) is 103 Å². The Hall–Kier alpha value is -1.83. The standard InChI is InChI=1S/C26H40O5Si/c1-10-12-14-16-22(27)30-21(18-29-32(8,9)26(5,6)7)17-20(4)24-25(31-24)23(28)19(3)15-13-11-2/h21,23-25,28H,3-4,14-18H2,1-2,5-9H3/t21-,23-,24+,25+/m1/s1. The topological polar surface area (TPSA) is 68.3 Å². The Balaban J connectivity index is 2.76. The van der Waals surface area contributed by atoms with Gasteiger partial charge in [0.15, 0.2) is 8.32 Å². The van der Waals surface area contributed by atoms with Crippen molar-refractivity contribution < 1.29 is 23.8 Å². The van der Waals surface area contributed by atoms with E-state index >= 15 is 0 Å². The first kappa shape index (κ1) is 28.2. The second-order valence-electron chi connectivity index (χ2n) is 9.70. The number of hydrogen-bond donors (Lipinski definition) is 1. The molecular formula is C26H40O5Si. The molecule has 1 rings (SSSR count). The van der Waals surface area contributed by atoms with Crippen LogP contribution < -0.4 is 0 Å². The van der Waals surface area contributed by atoms with Crippen LogP contribution in [0, 0.1) is 23.7 Å². The lowest BCUT2D eigenvalue weighted by Crippen LogP contribution is -2.43. The maximum Gasteiger partial charge on any atom is 0.307 e. The highest BCUT2D eigenvalue weighted by molar-refractivity contribution is 6.74. The van der Waals surface area contributed by atoms with E-state index < -0.39 is 20.5 Å². The smallest absolute Gasteiger partial charge is 0.307 e. The normalized spacial score (nSPS) is 19.5. The zero-order valence-electron chi connectivity index (χ0n) is 20.8. The molecule has 6 heteroatoms. The zero-order chi connectivity index (χ0) is 24.5. The lowest BCUT2D eigenvalue weighted by Gasteiger charge is -2.37. The van der Waals surface area contributed by atoms with Gasteiger partial charge in [-0.2, -0.15) is 0 Å². The minimum atomic E-state index is -2.01. The number of aliphatic hydroxyl groups excluding tert-OH is 1. The molecule has 1 fully saturated rings. The number of carbonyl (C=O) groups excluding carboxylic acids is 1. The summed E-state index contributed by atoms with van der Waals surface area (Å²) in [7, 11) is -2.01. The Kier molecular flexibility index (Phi) is 10.9. The molecule has 4 atom stereocenters. The Morgan fingerprint density at radius 1 is 1.19 bits per heavy atom. The van der Waals surface area contributed by atoms with Crippen LogP contribution in [0.2, 0.25) is 18.1 Å². The van der Waals surface area contributed by atoms with E-state index in [2.05, 4.69) is 70.7 Å². The Labute approximate surface area is 195 Å². The van der Waals surface area contributed by atoms with Crippen LogP contribution in [0.25, 0.3) is 0 Å². The Bertz CT molecular complexity index is 800. The predicted octanol–water partition coefficient (Wildman–Crippen LogP) is 4.77. The van der Waals surface area contributed by atoms with Gasteiger partial charge in [0.05, 0.1) is 13.0 Å². The van der Waals surface area contributed by atoms with Crippen LogP contribution in [-0.4, -0.2) is 50.4 Å². The van der Waals surface area contributed by atoms with E-state index in [1.165, 1.54) is 0 Å². The van der Waals surface area contributed by atoms with Gasteiger partial charge in [0.25, 0.3) is 0 Å². The van der Waals surface area contributed by atoms with Crippen LogP contribution in [0.3, 0.4) is 0 Å². The second kappa shape index (κ2) is 12.4. The molecule has 1 aliphatic rings. The first-order chi connectivity index (χ1) is 14.8. The largest absolute Gasteiger partial charge is 0.460 e. The average molecular weight is 461 g/mol. The maximum absolute atomic E-state index is 12.3. The molecule has 0 spiro atoms. The van der Waals surface area contributed by atoms with Gasteiger partial charge in [-0.05, 0) is 43.1 Å². The number of esters is 1. The zero-order valence-corrected chi connectivity index (χ0v) is 21.8. The minimum absolute atomic E-state index is 0.0475. The molecule has 178 valence electrons. The van der Waals surface area contributed by atoms with E-state index in [0.717, 1.165) is 5.57 Å². The van der Waals surface area contributed by atoms with Crippen molar-refractivity contribution in [1.82, 2.24) is 0 Å². The summed E-state index contributed by atoms with van der Waals surface area (Å²) in [4.78, 5) is 12.3. The van der Waals surface area contributed by atoms with Crippen LogP contribution in [0.15, 0.2) is 24.3 Å². The SMILES string of the molecule is C=C(CC#CC)[C@@H](O)[C@@H]1O[C@H]1C(=C)C[C@H](CO[Si](C)(C)C(C)(C)C)OC(=O)CCC#CC. The number of ether oxygens (including phenoxy) is 2. The van der Waals surface area contributed by atoms with Gasteiger partial charge in [-0.25, -0.2) is 0 Å². The summed E-state index contributed by atoms with van der Waals surface area (Å²) in [5, 5.41) is 10.5. The molecule has 0 bridgehead atoms. The highest BCUT2D eigenvalue weighted by Gasteiger charge is 2.47. The second-order valence-corrected chi connectivity index (χ2v) is 14.5. The van der Waals surface area contributed by atoms with E-state index in [0.29, 0.717) is 31.4 Å². The monoisotopic (exact) mass is 460 g/mol. The lowest BCUT2D eigenvalue weighted by molar-refractivity contribution is -0.150. The molecule has 1 saturated heterocycles. The third-order valence-corrected chi connectivity index (χ3v) is 10.5. The van der Waals surface area contributed by atoms with Crippen molar-refractivity contribution in [2.24, 2.45) is 0 Å². The van der Waals surface area contributed by atoms with Gasteiger partial charge in [0, 0.05) is 19.3 Å². The number of carbonyl (C=O) groups is 1. The fourth-order valence-electron chi connectivity index (χ4n) is 2.83. The summed E-state index contributed by atoms with van der Waals surface area (Å²) < 4.78 is 17.7. The van der Waals surface area contributed by atoms with Crippen molar-refractivity contribution >= 4 is 14.3 Å². The Morgan fingerprint density at radius 2 is 1.81 bits per heavy atom. The molecule has 0 aliphatic carbocycles. The van der Waals surface area contributed by atoms with Crippen molar-refractivity contribution in [3.8, 4) is 23.7 Å². The van der Waals surface area contributed by atoms with Crippen LogP contribution >= 0.6 is 0 Å². The summed E-state index contributed by atoms with van der Waals surface area (Å²) in [5.74, 6) is 11.1. The number of epoxide rings is 1. The first-order valence-electron chi connectivity index (χ1n) is 11.2. The fraction of sp³-hybridized carbons (Fsp3) is 0.654. The van der Waals surface area contributed by atoms with E-state index in [4.69, 9.17) is 13.9 Å². The van der Waals surface area contributed by atoms with E-state index in [-0.39, 0.29) is 29.6 Å². The molecule has 1 heterocycles. The maximum atomic E-state index is 12.3. The molecule has 32 heavy (non-hydrogen) atoms. The minimum Gasteiger partial charge on any atom is -0.460 e. The van der Waals surface area contributed by atoms with Crippen molar-refractivity contribution in [2.75, 3.05) is 6.61 Å². The van der Waals surface area contributed by atoms with Gasteiger partial charge < -0.3 is 19.0 Å². The third-order valence-electron chi connectivity index (χ3n) is 6.00. The molecule has 0 unspecified atom stereocenters. The van der Waals surface area contributed by atoms with Gasteiger partial charge in [-0.3, -0.25) is 4.79 Å². The summed E-state index contributed by atoms with van der Waals surface area (Å²) in [6, 6.07) is 0. The van der Waals surface area contributed by atoms with E-state index in [1.807, 2.05) is 0 Å². The van der Waals surface area contributed by atoms with Gasteiger partial charge >= 0.3 is 5.97 Å². The molecule has 0 aromatic heterocycles. The van der Waals surface area contributed by atoms with Crippen LogP contribution in [0.1, 0.15) is 60.3 Å². The number of aliphatic hydroxyl groups is 1.